The summed E-state index contributed by atoms with van der Waals surface area (Å²) in [4.78, 5) is 13.9. The smallest absolute Gasteiger partial charge is 0.550 e. The molecule has 0 radical (unpaired) electrons. The number of carboxylic acids is 1. The topological polar surface area (TPSA) is 43.4 Å². The van der Waals surface area contributed by atoms with Crippen LogP contribution < -0.4 is 24.0 Å². The van der Waals surface area contributed by atoms with Crippen LogP contribution in [0.15, 0.2) is 0 Å². The van der Waals surface area contributed by atoms with E-state index in [-0.39, 0.29) is 31.3 Å². The van der Waals surface area contributed by atoms with Crippen LogP contribution in [-0.4, -0.2) is 30.0 Å². The van der Waals surface area contributed by atoms with Gasteiger partial charge >= 0.3 is 18.9 Å². The van der Waals surface area contributed by atoms with Gasteiger partial charge in [0.25, 0.3) is 0 Å². The van der Waals surface area contributed by atoms with Crippen molar-refractivity contribution in [3.05, 3.63) is 0 Å². The molecule has 0 aromatic rings. The van der Waals surface area contributed by atoms with E-state index in [1.807, 2.05) is 0 Å². The van der Waals surface area contributed by atoms with Crippen LogP contribution in [0, 0.1) is 0 Å². The van der Waals surface area contributed by atoms with E-state index in [4.69, 9.17) is 0 Å². The fraction of sp³-hybridized carbons (Fsp3) is 0.972. The minimum Gasteiger partial charge on any atom is -0.550 e. The zero-order chi connectivity index (χ0) is 28.7. The molecular weight excluding hydrogens is 485 g/mol. The molecule has 0 N–H and O–H groups in total. The van der Waals surface area contributed by atoms with Crippen LogP contribution in [0.5, 0.6) is 0 Å². The van der Waals surface area contributed by atoms with Crippen LogP contribution in [0.25, 0.3) is 0 Å². The number of carbonyl (C=O) groups excluding carboxylic acids is 1. The number of nitrogens with zero attached hydrogens (tertiary/aromatic N) is 1. The fourth-order valence-electron chi connectivity index (χ4n) is 6.08. The minimum atomic E-state index is -0.880. The van der Waals surface area contributed by atoms with Crippen molar-refractivity contribution in [3.8, 4) is 0 Å². The van der Waals surface area contributed by atoms with Crippen molar-refractivity contribution in [1.82, 2.24) is 4.90 Å². The van der Waals surface area contributed by atoms with Crippen molar-refractivity contribution in [3.63, 3.8) is 0 Å². The Morgan fingerprint density at radius 3 is 1.00 bits per heavy atom. The Kier molecular flexibility index (Phi) is 37.1. The monoisotopic (exact) mass is 558 g/mol. The number of hydrogen-bond donors (Lipinski definition) is 0. The molecule has 234 valence electrons. The summed E-state index contributed by atoms with van der Waals surface area (Å²) in [5, 5.41) is 11.4. The van der Waals surface area contributed by atoms with Gasteiger partial charge in [-0.2, -0.15) is 0 Å². The summed E-state index contributed by atoms with van der Waals surface area (Å²) >= 11 is 0. The Morgan fingerprint density at radius 1 is 0.475 bits per heavy atom. The first-order valence-electron chi connectivity index (χ1n) is 18.1. The predicted octanol–water partition coefficient (Wildman–Crippen LogP) is 7.78. The van der Waals surface area contributed by atoms with Gasteiger partial charge in [-0.3, -0.25) is 0 Å². The molecule has 0 amide bonds. The number of aliphatic carboxylic acids is 1. The second-order valence-electron chi connectivity index (χ2n) is 12.5. The molecule has 0 aliphatic heterocycles. The first kappa shape index (κ1) is 42.2. The van der Waals surface area contributed by atoms with E-state index < -0.39 is 5.97 Å². The van der Waals surface area contributed by atoms with E-state index >= 15 is 0 Å². The van der Waals surface area contributed by atoms with Gasteiger partial charge in [0, 0.05) is 18.4 Å². The third-order valence-corrected chi connectivity index (χ3v) is 8.64. The maximum Gasteiger partial charge on any atom is 1.00 e. The van der Waals surface area contributed by atoms with Crippen molar-refractivity contribution in [2.75, 3.05) is 13.1 Å². The maximum absolute atomic E-state index is 11.4. The third-order valence-electron chi connectivity index (χ3n) is 8.64. The van der Waals surface area contributed by atoms with E-state index in [1.54, 1.807) is 0 Å². The van der Waals surface area contributed by atoms with E-state index in [2.05, 4.69) is 25.7 Å². The second-order valence-corrected chi connectivity index (χ2v) is 12.5. The summed E-state index contributed by atoms with van der Waals surface area (Å²) < 4.78 is 0. The Labute approximate surface area is 265 Å². The van der Waals surface area contributed by atoms with Gasteiger partial charge in [-0.15, -0.1) is 0 Å². The Bertz CT molecular complexity index is 457. The molecular formula is C36H72LiNO2. The number of rotatable bonds is 33. The zero-order valence-electron chi connectivity index (χ0n) is 28.3. The van der Waals surface area contributed by atoms with Crippen molar-refractivity contribution >= 4 is 5.97 Å². The van der Waals surface area contributed by atoms with E-state index in [1.165, 1.54) is 167 Å². The number of carboxylic acid groups (broad SMARTS) is 1. The summed E-state index contributed by atoms with van der Waals surface area (Å²) in [5.74, 6) is -0.880. The van der Waals surface area contributed by atoms with Crippen molar-refractivity contribution in [2.45, 2.75) is 213 Å². The predicted molar refractivity (Wildman–Crippen MR) is 171 cm³/mol. The molecule has 0 bridgehead atoms. The number of unbranched alkanes of at least 4 members (excludes halogenated alkanes) is 24. The first-order valence-corrected chi connectivity index (χ1v) is 18.1. The van der Waals surface area contributed by atoms with Crippen LogP contribution in [0.3, 0.4) is 0 Å². The molecule has 0 saturated carbocycles. The van der Waals surface area contributed by atoms with Gasteiger partial charge in [-0.1, -0.05) is 181 Å². The van der Waals surface area contributed by atoms with Crippen molar-refractivity contribution < 1.29 is 28.8 Å². The van der Waals surface area contributed by atoms with E-state index in [0.717, 1.165) is 25.9 Å². The van der Waals surface area contributed by atoms with E-state index in [0.29, 0.717) is 0 Å². The first-order chi connectivity index (χ1) is 19.2. The van der Waals surface area contributed by atoms with Crippen LogP contribution in [0.1, 0.15) is 207 Å². The Hall–Kier alpha value is 0.0274. The van der Waals surface area contributed by atoms with Gasteiger partial charge in [-0.05, 0) is 32.4 Å². The summed E-state index contributed by atoms with van der Waals surface area (Å²) in [5.41, 5.74) is 0. The molecule has 0 aliphatic rings. The molecule has 40 heavy (non-hydrogen) atoms. The van der Waals surface area contributed by atoms with Gasteiger partial charge in [-0.25, -0.2) is 0 Å². The molecule has 0 aromatic heterocycles. The Morgan fingerprint density at radius 2 is 0.750 bits per heavy atom. The van der Waals surface area contributed by atoms with Crippen LogP contribution in [0.4, 0.5) is 0 Å². The average molecular weight is 558 g/mol. The SMILES string of the molecule is CCCCCCCCCCCCCCCN(CCCCCCCCCCCCCCC)C(CCC)CC(=O)[O-].[Li+]. The van der Waals surface area contributed by atoms with Gasteiger partial charge in [0.2, 0.25) is 0 Å². The summed E-state index contributed by atoms with van der Waals surface area (Å²) in [7, 11) is 0. The van der Waals surface area contributed by atoms with Gasteiger partial charge in [0.1, 0.15) is 0 Å². The van der Waals surface area contributed by atoms with Gasteiger partial charge < -0.3 is 14.8 Å². The van der Waals surface area contributed by atoms with Crippen molar-refractivity contribution in [2.24, 2.45) is 0 Å². The molecule has 0 rings (SSSR count). The second kappa shape index (κ2) is 35.2. The largest absolute Gasteiger partial charge is 1.00 e. The number of hydrogen-bond acceptors (Lipinski definition) is 3. The molecule has 1 atom stereocenters. The maximum atomic E-state index is 11.4. The molecule has 3 nitrogen and oxygen atoms in total. The molecule has 4 heteroatoms. The summed E-state index contributed by atoms with van der Waals surface area (Å²) in [6.45, 7) is 8.88. The molecule has 0 aliphatic carbocycles. The van der Waals surface area contributed by atoms with Gasteiger partial charge in [0.05, 0.1) is 0 Å². The molecule has 0 spiro atoms. The van der Waals surface area contributed by atoms with Crippen LogP contribution in [-0.2, 0) is 4.79 Å². The van der Waals surface area contributed by atoms with Crippen molar-refractivity contribution in [1.29, 1.82) is 0 Å². The van der Waals surface area contributed by atoms with Gasteiger partial charge in [0.15, 0.2) is 0 Å². The van der Waals surface area contributed by atoms with Crippen LogP contribution >= 0.6 is 0 Å². The molecule has 0 saturated heterocycles. The average Bonchev–Trinajstić information content (AvgIpc) is 2.92. The summed E-state index contributed by atoms with van der Waals surface area (Å²) in [6, 6.07) is 0.162. The molecule has 1 unspecified atom stereocenters. The molecule has 0 aromatic carbocycles. The molecule has 0 fully saturated rings. The Balaban J connectivity index is 0. The fourth-order valence-corrected chi connectivity index (χ4v) is 6.08. The third kappa shape index (κ3) is 31.0. The zero-order valence-corrected chi connectivity index (χ0v) is 28.3. The standard InChI is InChI=1S/C36H73NO2.Li/c1-4-7-9-11-13-15-17-19-21-23-25-27-29-32-37(35(31-6-3)34-36(38)39)33-30-28-26-24-22-20-18-16-14-12-10-8-5-2;/h35H,4-34H2,1-3H3,(H,38,39);/q;+1/p-1. The quantitative estimate of drug-likeness (QED) is 0.0611. The van der Waals surface area contributed by atoms with E-state index in [9.17, 15) is 9.90 Å². The number of carbonyl (C=O) groups is 1. The normalized spacial score (nSPS) is 12.1. The molecule has 0 heterocycles. The summed E-state index contributed by atoms with van der Waals surface area (Å²) in [6.07, 6.45) is 38.0. The minimum absolute atomic E-state index is 0. The van der Waals surface area contributed by atoms with Crippen LogP contribution in [0.2, 0.25) is 0 Å².